The molecule has 0 spiro atoms. The van der Waals surface area contributed by atoms with Crippen molar-refractivity contribution in [3.63, 3.8) is 0 Å². The van der Waals surface area contributed by atoms with Crippen molar-refractivity contribution in [1.29, 1.82) is 0 Å². The predicted molar refractivity (Wildman–Crippen MR) is 108 cm³/mol. The lowest BCUT2D eigenvalue weighted by molar-refractivity contribution is -0.137. The lowest BCUT2D eigenvalue weighted by Crippen LogP contribution is -2.18. The Hall–Kier alpha value is -1.13. The van der Waals surface area contributed by atoms with Gasteiger partial charge in [0.1, 0.15) is 0 Å². The minimum atomic E-state index is -0.719. The number of hydrogen-bond donors (Lipinski definition) is 3. The molecule has 0 unspecified atom stereocenters. The maximum absolute atomic E-state index is 10.6. The van der Waals surface area contributed by atoms with Crippen molar-refractivity contribution in [2.75, 3.05) is 0 Å². The second kappa shape index (κ2) is 11.0. The van der Waals surface area contributed by atoms with Crippen LogP contribution in [0.15, 0.2) is 23.8 Å². The van der Waals surface area contributed by atoms with E-state index in [4.69, 9.17) is 5.11 Å². The summed E-state index contributed by atoms with van der Waals surface area (Å²) in [7, 11) is 0. The molecule has 1 fully saturated rings. The molecule has 0 saturated heterocycles. The maximum Gasteiger partial charge on any atom is 0.303 e. The van der Waals surface area contributed by atoms with E-state index in [1.54, 1.807) is 0 Å². The van der Waals surface area contributed by atoms with Gasteiger partial charge in [0.05, 0.1) is 12.2 Å². The summed E-state index contributed by atoms with van der Waals surface area (Å²) in [5, 5.41) is 29.5. The molecule has 6 atom stereocenters. The van der Waals surface area contributed by atoms with Crippen molar-refractivity contribution in [3.8, 4) is 0 Å². The summed E-state index contributed by atoms with van der Waals surface area (Å²) in [6, 6.07) is 0. The highest BCUT2D eigenvalue weighted by atomic mass is 16.4. The molecule has 4 heteroatoms. The fourth-order valence-electron chi connectivity index (χ4n) is 4.84. The number of allylic oxidation sites excluding steroid dienone is 2. The average Bonchev–Trinajstić information content (AvgIpc) is 3.11. The first kappa shape index (κ1) is 22.2. The molecule has 2 rings (SSSR count). The number of carbonyl (C=O) groups is 1. The molecule has 0 aromatic rings. The van der Waals surface area contributed by atoms with Crippen LogP contribution in [0.1, 0.15) is 78.1 Å². The van der Waals surface area contributed by atoms with Crippen molar-refractivity contribution in [3.05, 3.63) is 23.8 Å². The predicted octanol–water partition coefficient (Wildman–Crippen LogP) is 4.71. The Morgan fingerprint density at radius 2 is 2.11 bits per heavy atom. The molecule has 27 heavy (non-hydrogen) atoms. The summed E-state index contributed by atoms with van der Waals surface area (Å²) in [4.78, 5) is 10.6. The summed E-state index contributed by atoms with van der Waals surface area (Å²) in [5.41, 5.74) is 1.43. The highest BCUT2D eigenvalue weighted by Gasteiger charge is 2.43. The summed E-state index contributed by atoms with van der Waals surface area (Å²) in [5.74, 6) is 0.808. The molecule has 0 aromatic carbocycles. The number of hydrogen-bond acceptors (Lipinski definition) is 3. The van der Waals surface area contributed by atoms with Gasteiger partial charge in [0.15, 0.2) is 0 Å². The smallest absolute Gasteiger partial charge is 0.303 e. The number of carboxylic acid groups (broad SMARTS) is 1. The third-order valence-electron chi connectivity index (χ3n) is 6.34. The first-order chi connectivity index (χ1) is 12.9. The zero-order chi connectivity index (χ0) is 19.8. The van der Waals surface area contributed by atoms with Crippen LogP contribution in [0, 0.1) is 23.7 Å². The molecule has 0 bridgehead atoms. The van der Waals surface area contributed by atoms with E-state index in [0.717, 1.165) is 44.9 Å². The van der Waals surface area contributed by atoms with Crippen LogP contribution in [0.5, 0.6) is 0 Å². The Kier molecular flexibility index (Phi) is 9.04. The van der Waals surface area contributed by atoms with Crippen molar-refractivity contribution < 1.29 is 20.1 Å². The van der Waals surface area contributed by atoms with E-state index < -0.39 is 12.1 Å². The monoisotopic (exact) mass is 378 g/mol. The van der Waals surface area contributed by atoms with E-state index in [1.165, 1.54) is 18.4 Å². The van der Waals surface area contributed by atoms with E-state index in [-0.39, 0.29) is 18.4 Å². The molecule has 4 nitrogen and oxygen atoms in total. The largest absolute Gasteiger partial charge is 0.481 e. The second-order valence-electron chi connectivity index (χ2n) is 8.77. The molecular formula is C23H38O4. The molecular weight excluding hydrogens is 340 g/mol. The minimum Gasteiger partial charge on any atom is -0.481 e. The molecule has 154 valence electrons. The van der Waals surface area contributed by atoms with Crippen LogP contribution < -0.4 is 0 Å². The van der Waals surface area contributed by atoms with Crippen LogP contribution in [-0.4, -0.2) is 33.5 Å². The molecule has 0 radical (unpaired) electrons. The molecule has 0 aromatic heterocycles. The molecule has 0 amide bonds. The Morgan fingerprint density at radius 1 is 1.33 bits per heavy atom. The van der Waals surface area contributed by atoms with E-state index in [1.807, 2.05) is 6.08 Å². The summed E-state index contributed by atoms with van der Waals surface area (Å²) in [6.45, 7) is 4.39. The second-order valence-corrected chi connectivity index (χ2v) is 8.77. The van der Waals surface area contributed by atoms with E-state index >= 15 is 0 Å². The van der Waals surface area contributed by atoms with E-state index in [0.29, 0.717) is 17.8 Å². The fraction of sp³-hybridized carbons (Fsp3) is 0.783. The topological polar surface area (TPSA) is 77.8 Å². The van der Waals surface area contributed by atoms with Gasteiger partial charge in [0.2, 0.25) is 0 Å². The Balaban J connectivity index is 1.79. The molecule has 1 saturated carbocycles. The lowest BCUT2D eigenvalue weighted by Gasteiger charge is -2.19. The highest BCUT2D eigenvalue weighted by Crippen LogP contribution is 2.48. The number of rotatable bonds is 12. The third kappa shape index (κ3) is 7.08. The van der Waals surface area contributed by atoms with Crippen molar-refractivity contribution in [2.45, 2.75) is 90.3 Å². The number of fused-ring (bicyclic) bond motifs is 1. The normalized spacial score (nSPS) is 29.7. The zero-order valence-electron chi connectivity index (χ0n) is 17.0. The highest BCUT2D eigenvalue weighted by molar-refractivity contribution is 5.66. The maximum atomic E-state index is 10.6. The van der Waals surface area contributed by atoms with Crippen LogP contribution in [0.3, 0.4) is 0 Å². The summed E-state index contributed by atoms with van der Waals surface area (Å²) >= 11 is 0. The zero-order valence-corrected chi connectivity index (χ0v) is 17.0. The number of carboxylic acids is 1. The van der Waals surface area contributed by atoms with Crippen molar-refractivity contribution in [2.24, 2.45) is 23.7 Å². The van der Waals surface area contributed by atoms with E-state index in [9.17, 15) is 15.0 Å². The molecule has 2 aliphatic rings. The van der Waals surface area contributed by atoms with Crippen molar-refractivity contribution >= 4 is 5.97 Å². The van der Waals surface area contributed by atoms with Crippen LogP contribution in [0.2, 0.25) is 0 Å². The Bertz CT molecular complexity index is 524. The molecule has 2 aliphatic carbocycles. The van der Waals surface area contributed by atoms with Gasteiger partial charge in [-0.25, -0.2) is 0 Å². The number of aliphatic hydroxyl groups is 2. The first-order valence-electron chi connectivity index (χ1n) is 10.9. The molecule has 0 aliphatic heterocycles. The third-order valence-corrected chi connectivity index (χ3v) is 6.34. The minimum absolute atomic E-state index is 0.128. The van der Waals surface area contributed by atoms with Gasteiger partial charge in [-0.2, -0.15) is 0 Å². The Labute approximate surface area is 164 Å². The average molecular weight is 379 g/mol. The van der Waals surface area contributed by atoms with Gasteiger partial charge in [-0.3, -0.25) is 4.79 Å². The number of unbranched alkanes of at least 4 members (excludes halogenated alkanes) is 2. The van der Waals surface area contributed by atoms with Gasteiger partial charge in [-0.1, -0.05) is 56.9 Å². The van der Waals surface area contributed by atoms with Gasteiger partial charge in [0.25, 0.3) is 0 Å². The van der Waals surface area contributed by atoms with Crippen LogP contribution in [-0.2, 0) is 4.79 Å². The van der Waals surface area contributed by atoms with Crippen LogP contribution in [0.4, 0.5) is 0 Å². The number of aliphatic carboxylic acids is 1. The van der Waals surface area contributed by atoms with Gasteiger partial charge in [0, 0.05) is 12.3 Å². The standard InChI is InChI=1S/C23H38O4/c1-3-4-7-16(2)12-19(24)10-11-20-21-14-17(8-5-6-9-23(26)27)13-18(21)15-22(20)25/h10-11,13,16,18-22,24-25H,3-9,12,14-15H2,1-2H3,(H,26,27)/t16-,18-,19+,20+,21-,22+/m0/s1. The van der Waals surface area contributed by atoms with E-state index in [2.05, 4.69) is 26.0 Å². The summed E-state index contributed by atoms with van der Waals surface area (Å²) in [6.07, 6.45) is 14.6. The quantitative estimate of drug-likeness (QED) is 0.339. The molecule has 3 N–H and O–H groups in total. The first-order valence-corrected chi connectivity index (χ1v) is 10.9. The number of aliphatic hydroxyl groups excluding tert-OH is 2. The molecule has 0 heterocycles. The SMILES string of the molecule is CCCC[C@H](C)C[C@H](O)C=C[C@@H]1[C@H]2CC(CCCCC(=O)O)=C[C@H]2C[C@H]1O. The van der Waals surface area contributed by atoms with Gasteiger partial charge in [-0.15, -0.1) is 0 Å². The fourth-order valence-corrected chi connectivity index (χ4v) is 4.84. The van der Waals surface area contributed by atoms with Crippen LogP contribution >= 0.6 is 0 Å². The lowest BCUT2D eigenvalue weighted by atomic mass is 9.88. The van der Waals surface area contributed by atoms with Gasteiger partial charge < -0.3 is 15.3 Å². The van der Waals surface area contributed by atoms with Gasteiger partial charge >= 0.3 is 5.97 Å². The van der Waals surface area contributed by atoms with Crippen LogP contribution in [0.25, 0.3) is 0 Å². The van der Waals surface area contributed by atoms with Gasteiger partial charge in [-0.05, 0) is 56.3 Å². The Morgan fingerprint density at radius 3 is 2.81 bits per heavy atom. The summed E-state index contributed by atoms with van der Waals surface area (Å²) < 4.78 is 0. The van der Waals surface area contributed by atoms with Crippen molar-refractivity contribution in [1.82, 2.24) is 0 Å².